The van der Waals surface area contributed by atoms with Crippen LogP contribution in [0.1, 0.15) is 6.92 Å². The van der Waals surface area contributed by atoms with Crippen LogP contribution < -0.4 is 11.0 Å². The minimum absolute atomic E-state index is 0.110. The molecule has 0 aliphatic heterocycles. The number of carbonyl (C=O) groups is 1. The number of H-pyrrole nitrogens is 2. The summed E-state index contributed by atoms with van der Waals surface area (Å²) in [4.78, 5) is 33.6. The summed E-state index contributed by atoms with van der Waals surface area (Å²) in [7, 11) is 0. The molecule has 3 N–H and O–H groups in total. The highest BCUT2D eigenvalue weighted by molar-refractivity contribution is 8.02. The lowest BCUT2D eigenvalue weighted by molar-refractivity contribution is -0.115. The number of fused-ring (bicyclic) bond motifs is 2. The number of amides is 1. The molecular formula is C17H14N4O2S2. The summed E-state index contributed by atoms with van der Waals surface area (Å²) in [6.07, 6.45) is 0. The summed E-state index contributed by atoms with van der Waals surface area (Å²) in [5.74, 6) is -0.110. The number of nitrogens with zero attached hydrogens (tertiary/aromatic N) is 1. The molecule has 1 amide bonds. The third-order valence-electron chi connectivity index (χ3n) is 3.70. The van der Waals surface area contributed by atoms with Crippen molar-refractivity contribution in [3.8, 4) is 0 Å². The third kappa shape index (κ3) is 3.31. The van der Waals surface area contributed by atoms with Gasteiger partial charge >= 0.3 is 5.69 Å². The van der Waals surface area contributed by atoms with Crippen LogP contribution in [-0.2, 0) is 4.79 Å². The van der Waals surface area contributed by atoms with Crippen LogP contribution in [0.5, 0.6) is 0 Å². The number of benzene rings is 2. The van der Waals surface area contributed by atoms with E-state index in [1.165, 1.54) is 11.8 Å². The average molecular weight is 370 g/mol. The predicted octanol–water partition coefficient (Wildman–Crippen LogP) is 3.59. The second-order valence-electron chi connectivity index (χ2n) is 5.54. The van der Waals surface area contributed by atoms with Crippen LogP contribution in [0.25, 0.3) is 21.3 Å². The van der Waals surface area contributed by atoms with E-state index >= 15 is 0 Å². The highest BCUT2D eigenvalue weighted by Crippen LogP contribution is 2.32. The predicted molar refractivity (Wildman–Crippen MR) is 102 cm³/mol. The Labute approximate surface area is 150 Å². The van der Waals surface area contributed by atoms with Gasteiger partial charge in [0.2, 0.25) is 5.91 Å². The van der Waals surface area contributed by atoms with Crippen molar-refractivity contribution < 1.29 is 4.79 Å². The zero-order chi connectivity index (χ0) is 17.4. The molecule has 0 fully saturated rings. The van der Waals surface area contributed by atoms with E-state index in [9.17, 15) is 9.59 Å². The lowest BCUT2D eigenvalue weighted by Crippen LogP contribution is -2.22. The number of hydrogen-bond donors (Lipinski definition) is 3. The van der Waals surface area contributed by atoms with E-state index in [0.717, 1.165) is 14.6 Å². The first-order valence-electron chi connectivity index (χ1n) is 7.63. The largest absolute Gasteiger partial charge is 0.325 e. The maximum atomic E-state index is 12.4. The van der Waals surface area contributed by atoms with E-state index in [-0.39, 0.29) is 16.8 Å². The van der Waals surface area contributed by atoms with Crippen LogP contribution in [0.4, 0.5) is 5.69 Å². The number of hydrogen-bond acceptors (Lipinski definition) is 5. The molecule has 25 heavy (non-hydrogen) atoms. The van der Waals surface area contributed by atoms with Gasteiger partial charge in [-0.1, -0.05) is 23.9 Å². The highest BCUT2D eigenvalue weighted by Gasteiger charge is 2.17. The van der Waals surface area contributed by atoms with Gasteiger partial charge in [0.25, 0.3) is 0 Å². The first-order chi connectivity index (χ1) is 12.1. The standard InChI is InChI=1S/C17H14N4O2S2/c1-9(24-17-21-12-4-2-3-5-14(12)25-17)15(22)18-10-6-7-11-13(8-10)20-16(23)19-11/h2-9H,1H3,(H,18,22)(H2,19,20,23). The molecule has 0 saturated carbocycles. The number of para-hydroxylation sites is 1. The van der Waals surface area contributed by atoms with E-state index in [0.29, 0.717) is 16.7 Å². The Balaban J connectivity index is 1.48. The fraction of sp³-hybridized carbons (Fsp3) is 0.118. The number of anilines is 1. The van der Waals surface area contributed by atoms with Crippen molar-refractivity contribution >= 4 is 55.9 Å². The zero-order valence-corrected chi connectivity index (χ0v) is 14.8. The lowest BCUT2D eigenvalue weighted by atomic mass is 10.2. The Kier molecular flexibility index (Phi) is 4.06. The third-order valence-corrected chi connectivity index (χ3v) is 5.93. The summed E-state index contributed by atoms with van der Waals surface area (Å²) in [5, 5.41) is 2.59. The minimum atomic E-state index is -0.290. The number of carbonyl (C=O) groups excluding carboxylic acids is 1. The van der Waals surface area contributed by atoms with Crippen LogP contribution in [0.3, 0.4) is 0 Å². The summed E-state index contributed by atoms with van der Waals surface area (Å²) >= 11 is 3.02. The fourth-order valence-electron chi connectivity index (χ4n) is 2.46. The molecule has 0 bridgehead atoms. The van der Waals surface area contributed by atoms with Crippen molar-refractivity contribution in [2.75, 3.05) is 5.32 Å². The smallest absolute Gasteiger partial charge is 0.323 e. The van der Waals surface area contributed by atoms with Gasteiger partial charge in [0.1, 0.15) is 0 Å². The second kappa shape index (κ2) is 6.38. The number of thioether (sulfide) groups is 1. The number of thiazole rings is 1. The van der Waals surface area contributed by atoms with Gasteiger partial charge in [-0.3, -0.25) is 4.79 Å². The lowest BCUT2D eigenvalue weighted by Gasteiger charge is -2.10. The van der Waals surface area contributed by atoms with Gasteiger partial charge in [0.15, 0.2) is 4.34 Å². The monoisotopic (exact) mass is 370 g/mol. The normalized spacial score (nSPS) is 12.5. The molecule has 0 spiro atoms. The van der Waals surface area contributed by atoms with Crippen LogP contribution in [0.2, 0.25) is 0 Å². The summed E-state index contributed by atoms with van der Waals surface area (Å²) in [5.41, 5.74) is 2.70. The Morgan fingerprint density at radius 1 is 1.20 bits per heavy atom. The maximum Gasteiger partial charge on any atom is 0.323 e. The first kappa shape index (κ1) is 15.9. The number of aromatic nitrogens is 3. The Hall–Kier alpha value is -2.58. The van der Waals surface area contributed by atoms with Gasteiger partial charge in [-0.25, -0.2) is 9.78 Å². The molecule has 0 aliphatic carbocycles. The van der Waals surface area contributed by atoms with Crippen LogP contribution >= 0.6 is 23.1 Å². The SMILES string of the molecule is CC(Sc1nc2ccccc2s1)C(=O)Nc1ccc2[nH]c(=O)[nH]c2c1. The molecule has 2 aromatic heterocycles. The van der Waals surface area contributed by atoms with Crippen molar-refractivity contribution in [2.24, 2.45) is 0 Å². The van der Waals surface area contributed by atoms with Crippen molar-refractivity contribution in [2.45, 2.75) is 16.5 Å². The molecular weight excluding hydrogens is 356 g/mol. The fourth-order valence-corrected chi connectivity index (χ4v) is 4.67. The van der Waals surface area contributed by atoms with E-state index < -0.39 is 0 Å². The van der Waals surface area contributed by atoms with Gasteiger partial charge in [0, 0.05) is 5.69 Å². The minimum Gasteiger partial charge on any atom is -0.325 e. The van der Waals surface area contributed by atoms with E-state index in [2.05, 4.69) is 20.3 Å². The number of imidazole rings is 1. The van der Waals surface area contributed by atoms with E-state index in [4.69, 9.17) is 0 Å². The Morgan fingerprint density at radius 3 is 2.84 bits per heavy atom. The zero-order valence-electron chi connectivity index (χ0n) is 13.2. The first-order valence-corrected chi connectivity index (χ1v) is 9.33. The van der Waals surface area contributed by atoms with E-state index in [1.807, 2.05) is 31.2 Å². The van der Waals surface area contributed by atoms with Gasteiger partial charge in [-0.2, -0.15) is 0 Å². The molecule has 1 atom stereocenters. The summed E-state index contributed by atoms with van der Waals surface area (Å²) < 4.78 is 1.98. The van der Waals surface area contributed by atoms with Crippen molar-refractivity contribution in [1.29, 1.82) is 0 Å². The molecule has 2 heterocycles. The average Bonchev–Trinajstić information content (AvgIpc) is 3.15. The Morgan fingerprint density at radius 2 is 2.00 bits per heavy atom. The van der Waals surface area contributed by atoms with E-state index in [1.54, 1.807) is 29.5 Å². The Bertz CT molecular complexity index is 1100. The maximum absolute atomic E-state index is 12.4. The van der Waals surface area contributed by atoms with Crippen LogP contribution in [0, 0.1) is 0 Å². The number of rotatable bonds is 4. The molecule has 0 aliphatic rings. The number of nitrogens with one attached hydrogen (secondary N) is 3. The molecule has 1 unspecified atom stereocenters. The van der Waals surface area contributed by atoms with Gasteiger partial charge in [-0.15, -0.1) is 11.3 Å². The highest BCUT2D eigenvalue weighted by atomic mass is 32.2. The molecule has 4 aromatic rings. The summed E-state index contributed by atoms with van der Waals surface area (Å²) in [6, 6.07) is 13.2. The van der Waals surface area contributed by atoms with Gasteiger partial charge in [0.05, 0.1) is 26.5 Å². The molecule has 4 rings (SSSR count). The second-order valence-corrected chi connectivity index (χ2v) is 8.15. The molecule has 2 aromatic carbocycles. The van der Waals surface area contributed by atoms with Crippen molar-refractivity contribution in [3.63, 3.8) is 0 Å². The van der Waals surface area contributed by atoms with Crippen LogP contribution in [0.15, 0.2) is 51.6 Å². The molecule has 8 heteroatoms. The molecule has 126 valence electrons. The van der Waals surface area contributed by atoms with Crippen LogP contribution in [-0.4, -0.2) is 26.1 Å². The topological polar surface area (TPSA) is 90.6 Å². The van der Waals surface area contributed by atoms with Crippen molar-refractivity contribution in [3.05, 3.63) is 52.9 Å². The van der Waals surface area contributed by atoms with Gasteiger partial charge in [-0.05, 0) is 37.3 Å². The molecule has 6 nitrogen and oxygen atoms in total. The quantitative estimate of drug-likeness (QED) is 0.479. The number of aromatic amines is 2. The molecule has 0 saturated heterocycles. The van der Waals surface area contributed by atoms with Crippen molar-refractivity contribution in [1.82, 2.24) is 15.0 Å². The molecule has 0 radical (unpaired) electrons. The summed E-state index contributed by atoms with van der Waals surface area (Å²) in [6.45, 7) is 1.85. The van der Waals surface area contributed by atoms with Gasteiger partial charge < -0.3 is 15.3 Å².